The van der Waals surface area contributed by atoms with E-state index in [-0.39, 0.29) is 7.92 Å². The maximum atomic E-state index is 2.48. The molecule has 2 aliphatic heterocycles. The molecule has 0 bridgehead atoms. The fraction of sp³-hybridized carbons (Fsp3) is 0.273. The van der Waals surface area contributed by atoms with E-state index in [1.165, 1.54) is 36.8 Å². The topological polar surface area (TPSA) is 0 Å². The van der Waals surface area contributed by atoms with Crippen LogP contribution in [0, 0.1) is 0 Å². The first-order chi connectivity index (χ1) is 17.3. The highest BCUT2D eigenvalue weighted by Crippen LogP contribution is 2.68. The third-order valence-electron chi connectivity index (χ3n) is 7.62. The quantitative estimate of drug-likeness (QED) is 0.248. The standard InChI is InChI=1S/C17H19P.C16H17P/c1-18-16(14-8-4-2-5-9-14)12-13-17(18)15-10-6-3-7-11-15;1-3-7-13(8-4-1)15-11-12-16(17-15)14-9-5-2-6-10-14/h2-11,16-17H,12-13H2,1H3;1-10,15-17H,11-12H2/t16-,17-;15-,16-/m11/s1. The lowest BCUT2D eigenvalue weighted by atomic mass is 10.0. The van der Waals surface area contributed by atoms with Crippen LogP contribution in [-0.2, 0) is 0 Å². The van der Waals surface area contributed by atoms with Crippen LogP contribution >= 0.6 is 16.5 Å². The Bertz CT molecular complexity index is 1050. The van der Waals surface area contributed by atoms with E-state index in [9.17, 15) is 0 Å². The van der Waals surface area contributed by atoms with E-state index in [2.05, 4.69) is 128 Å². The second kappa shape index (κ2) is 12.1. The molecule has 2 heteroatoms. The molecule has 4 aromatic rings. The van der Waals surface area contributed by atoms with Gasteiger partial charge in [0.15, 0.2) is 0 Å². The Hall–Kier alpha value is -2.26. The molecule has 0 spiro atoms. The second-order valence-corrected chi connectivity index (χ2v) is 14.1. The van der Waals surface area contributed by atoms with Crippen LogP contribution in [0.1, 0.15) is 70.6 Å². The van der Waals surface area contributed by atoms with Gasteiger partial charge in [-0.2, -0.15) is 0 Å². The van der Waals surface area contributed by atoms with Gasteiger partial charge in [-0.1, -0.05) is 129 Å². The molecule has 6 rings (SSSR count). The summed E-state index contributed by atoms with van der Waals surface area (Å²) >= 11 is 0. The summed E-state index contributed by atoms with van der Waals surface area (Å²) in [6, 6.07) is 44.1. The minimum absolute atomic E-state index is 0.0556. The molecule has 2 heterocycles. The van der Waals surface area contributed by atoms with Crippen LogP contribution in [0.2, 0.25) is 0 Å². The lowest BCUT2D eigenvalue weighted by molar-refractivity contribution is 0.765. The molecule has 4 atom stereocenters. The van der Waals surface area contributed by atoms with Gasteiger partial charge in [-0.05, 0) is 54.6 Å². The number of benzene rings is 4. The van der Waals surface area contributed by atoms with Crippen molar-refractivity contribution in [3.63, 3.8) is 0 Å². The van der Waals surface area contributed by atoms with Crippen molar-refractivity contribution in [3.05, 3.63) is 144 Å². The fourth-order valence-electron chi connectivity index (χ4n) is 5.73. The zero-order chi connectivity index (χ0) is 23.9. The van der Waals surface area contributed by atoms with Crippen molar-refractivity contribution < 1.29 is 0 Å². The van der Waals surface area contributed by atoms with Gasteiger partial charge < -0.3 is 0 Å². The van der Waals surface area contributed by atoms with E-state index in [1.807, 2.05) is 0 Å². The summed E-state index contributed by atoms with van der Waals surface area (Å²) in [5.74, 6) is 0. The highest BCUT2D eigenvalue weighted by atomic mass is 31.1. The van der Waals surface area contributed by atoms with Crippen molar-refractivity contribution in [2.75, 3.05) is 6.66 Å². The summed E-state index contributed by atoms with van der Waals surface area (Å²) in [5, 5.41) is 0. The van der Waals surface area contributed by atoms with E-state index in [1.54, 1.807) is 11.1 Å². The van der Waals surface area contributed by atoms with Crippen LogP contribution in [0.15, 0.2) is 121 Å². The predicted octanol–water partition coefficient (Wildman–Crippen LogP) is 10.3. The maximum absolute atomic E-state index is 2.48. The Labute approximate surface area is 214 Å². The summed E-state index contributed by atoms with van der Waals surface area (Å²) < 4.78 is 0. The smallest absolute Gasteiger partial charge is 0.00451 e. The normalized spacial score (nSPS) is 24.0. The van der Waals surface area contributed by atoms with Gasteiger partial charge in [-0.3, -0.25) is 0 Å². The maximum Gasteiger partial charge on any atom is 0.00451 e. The van der Waals surface area contributed by atoms with Crippen molar-refractivity contribution in [2.24, 2.45) is 0 Å². The first-order valence-electron chi connectivity index (χ1n) is 13.0. The van der Waals surface area contributed by atoms with Crippen LogP contribution in [0.25, 0.3) is 0 Å². The number of rotatable bonds is 4. The first kappa shape index (κ1) is 24.4. The first-order valence-corrected chi connectivity index (χ1v) is 16.1. The van der Waals surface area contributed by atoms with Crippen molar-refractivity contribution in [3.8, 4) is 0 Å². The van der Waals surface area contributed by atoms with E-state index < -0.39 is 0 Å². The Morgan fingerprint density at radius 2 is 0.771 bits per heavy atom. The van der Waals surface area contributed by atoms with Gasteiger partial charge in [0.1, 0.15) is 0 Å². The second-order valence-electron chi connectivity index (χ2n) is 9.77. The van der Waals surface area contributed by atoms with Crippen LogP contribution in [0.5, 0.6) is 0 Å². The zero-order valence-electron chi connectivity index (χ0n) is 20.6. The zero-order valence-corrected chi connectivity index (χ0v) is 22.5. The molecule has 35 heavy (non-hydrogen) atoms. The number of hydrogen-bond acceptors (Lipinski definition) is 0. The molecule has 2 aliphatic rings. The van der Waals surface area contributed by atoms with E-state index in [0.29, 0.717) is 0 Å². The molecule has 0 radical (unpaired) electrons. The molecular formula is C33H36P2. The fourth-order valence-corrected chi connectivity index (χ4v) is 10.5. The van der Waals surface area contributed by atoms with Gasteiger partial charge in [0, 0.05) is 22.6 Å². The van der Waals surface area contributed by atoms with Crippen LogP contribution < -0.4 is 0 Å². The molecule has 0 unspecified atom stereocenters. The minimum atomic E-state index is 0.0556. The molecule has 0 aliphatic carbocycles. The van der Waals surface area contributed by atoms with E-state index >= 15 is 0 Å². The highest BCUT2D eigenvalue weighted by molar-refractivity contribution is 7.58. The molecule has 2 fully saturated rings. The van der Waals surface area contributed by atoms with Crippen LogP contribution in [0.4, 0.5) is 0 Å². The van der Waals surface area contributed by atoms with Crippen LogP contribution in [0.3, 0.4) is 0 Å². The third kappa shape index (κ3) is 6.12. The highest BCUT2D eigenvalue weighted by Gasteiger charge is 2.33. The Morgan fingerprint density at radius 1 is 0.457 bits per heavy atom. The summed E-state index contributed by atoms with van der Waals surface area (Å²) in [6.07, 6.45) is 5.40. The molecule has 0 nitrogen and oxygen atoms in total. The summed E-state index contributed by atoms with van der Waals surface area (Å²) in [5.41, 5.74) is 9.34. The lowest BCUT2D eigenvalue weighted by Crippen LogP contribution is -1.92. The van der Waals surface area contributed by atoms with E-state index in [4.69, 9.17) is 0 Å². The van der Waals surface area contributed by atoms with Gasteiger partial charge >= 0.3 is 0 Å². The molecule has 0 aromatic heterocycles. The minimum Gasteiger partial charge on any atom is -0.107 e. The molecule has 0 saturated carbocycles. The molecule has 0 amide bonds. The molecule has 4 aromatic carbocycles. The third-order valence-corrected chi connectivity index (χ3v) is 12.7. The van der Waals surface area contributed by atoms with Gasteiger partial charge in [0.05, 0.1) is 0 Å². The summed E-state index contributed by atoms with van der Waals surface area (Å²) in [6.45, 7) is 2.48. The SMILES string of the molecule is CP1[C@@H](c2ccccc2)CC[C@@H]1c1ccccc1.c1ccc([C@H]2CC[C@H](c3ccccc3)P2)cc1. The number of hydrogen-bond donors (Lipinski definition) is 0. The Balaban J connectivity index is 0.000000145. The van der Waals surface area contributed by atoms with Crippen LogP contribution in [-0.4, -0.2) is 6.66 Å². The average Bonchev–Trinajstić information content (AvgIpc) is 3.59. The van der Waals surface area contributed by atoms with E-state index in [0.717, 1.165) is 31.2 Å². The Morgan fingerprint density at radius 3 is 1.11 bits per heavy atom. The molecule has 178 valence electrons. The molecule has 2 saturated heterocycles. The van der Waals surface area contributed by atoms with Crippen molar-refractivity contribution >= 4 is 16.5 Å². The summed E-state index contributed by atoms with van der Waals surface area (Å²) in [7, 11) is 1.10. The van der Waals surface area contributed by atoms with Crippen molar-refractivity contribution in [1.29, 1.82) is 0 Å². The van der Waals surface area contributed by atoms with Crippen molar-refractivity contribution in [1.82, 2.24) is 0 Å². The largest absolute Gasteiger partial charge is 0.107 e. The predicted molar refractivity (Wildman–Crippen MR) is 156 cm³/mol. The van der Waals surface area contributed by atoms with Gasteiger partial charge in [0.2, 0.25) is 0 Å². The average molecular weight is 495 g/mol. The lowest BCUT2D eigenvalue weighted by Gasteiger charge is -2.22. The monoisotopic (exact) mass is 494 g/mol. The van der Waals surface area contributed by atoms with Gasteiger partial charge in [-0.25, -0.2) is 0 Å². The van der Waals surface area contributed by atoms with Gasteiger partial charge in [0.25, 0.3) is 0 Å². The van der Waals surface area contributed by atoms with Crippen molar-refractivity contribution in [2.45, 2.75) is 48.3 Å². The Kier molecular flexibility index (Phi) is 8.46. The molecule has 0 N–H and O–H groups in total. The summed E-state index contributed by atoms with van der Waals surface area (Å²) in [4.78, 5) is 0. The molecular weight excluding hydrogens is 458 g/mol. The van der Waals surface area contributed by atoms with Gasteiger partial charge in [-0.15, -0.1) is 8.58 Å².